The number of carbonyl (C=O) groups excluding carboxylic acids is 2. The van der Waals surface area contributed by atoms with Crippen LogP contribution in [0.2, 0.25) is 0 Å². The predicted molar refractivity (Wildman–Crippen MR) is 106 cm³/mol. The second-order valence-electron chi connectivity index (χ2n) is 8.28. The van der Waals surface area contributed by atoms with Crippen molar-refractivity contribution in [1.82, 2.24) is 9.80 Å². The highest BCUT2D eigenvalue weighted by Crippen LogP contribution is 2.24. The minimum atomic E-state index is -0.536. The van der Waals surface area contributed by atoms with Crippen LogP contribution < -0.4 is 4.74 Å². The maximum atomic E-state index is 12.8. The van der Waals surface area contributed by atoms with Crippen molar-refractivity contribution >= 4 is 18.1 Å². The van der Waals surface area contributed by atoms with Crippen LogP contribution in [-0.2, 0) is 9.53 Å². The quantitative estimate of drug-likeness (QED) is 0.759. The fourth-order valence-electron chi connectivity index (χ4n) is 3.10. The molecule has 6 heteroatoms. The Morgan fingerprint density at radius 1 is 1.15 bits per heavy atom. The molecule has 6 nitrogen and oxygen atoms in total. The summed E-state index contributed by atoms with van der Waals surface area (Å²) >= 11 is 0. The van der Waals surface area contributed by atoms with Crippen molar-refractivity contribution in [1.29, 1.82) is 0 Å². The van der Waals surface area contributed by atoms with Crippen LogP contribution in [0.5, 0.6) is 5.75 Å². The molecular formula is C21H30N2O4. The molecule has 0 atom stereocenters. The van der Waals surface area contributed by atoms with Gasteiger partial charge in [0.25, 0.3) is 0 Å². The Balaban J connectivity index is 2.06. The monoisotopic (exact) mass is 374 g/mol. The van der Waals surface area contributed by atoms with Crippen molar-refractivity contribution in [2.75, 3.05) is 26.7 Å². The summed E-state index contributed by atoms with van der Waals surface area (Å²) in [5, 5.41) is 0. The van der Waals surface area contributed by atoms with Gasteiger partial charge in [-0.2, -0.15) is 0 Å². The number of benzene rings is 1. The van der Waals surface area contributed by atoms with Crippen LogP contribution in [0, 0.1) is 0 Å². The first kappa shape index (κ1) is 20.8. The number of ether oxygens (including phenoxy) is 2. The SMILES string of the molecule is COc1ccccc1C=CC(=O)N1CCN(C(=O)OC(C)(C)C)CC1(C)C. The van der Waals surface area contributed by atoms with Crippen molar-refractivity contribution in [2.45, 2.75) is 45.8 Å². The maximum absolute atomic E-state index is 12.8. The lowest BCUT2D eigenvalue weighted by molar-refractivity contribution is -0.134. The van der Waals surface area contributed by atoms with Gasteiger partial charge in [0.05, 0.1) is 12.6 Å². The van der Waals surface area contributed by atoms with Crippen LogP contribution in [-0.4, -0.2) is 59.7 Å². The molecule has 148 valence electrons. The molecule has 0 unspecified atom stereocenters. The molecule has 0 aliphatic carbocycles. The van der Waals surface area contributed by atoms with Gasteiger partial charge in [-0.15, -0.1) is 0 Å². The zero-order chi connectivity index (χ0) is 20.2. The van der Waals surface area contributed by atoms with E-state index in [1.165, 1.54) is 0 Å². The summed E-state index contributed by atoms with van der Waals surface area (Å²) in [5.74, 6) is 0.630. The van der Waals surface area contributed by atoms with Crippen LogP contribution >= 0.6 is 0 Å². The number of hydrogen-bond donors (Lipinski definition) is 0. The summed E-state index contributed by atoms with van der Waals surface area (Å²) in [6.07, 6.45) is 2.98. The van der Waals surface area contributed by atoms with Gasteiger partial charge in [0.2, 0.25) is 5.91 Å². The van der Waals surface area contributed by atoms with Crippen LogP contribution in [0.1, 0.15) is 40.2 Å². The number of rotatable bonds is 3. The van der Waals surface area contributed by atoms with E-state index in [1.54, 1.807) is 29.1 Å². The molecule has 27 heavy (non-hydrogen) atoms. The smallest absolute Gasteiger partial charge is 0.410 e. The zero-order valence-electron chi connectivity index (χ0n) is 17.1. The fourth-order valence-corrected chi connectivity index (χ4v) is 3.10. The van der Waals surface area contributed by atoms with E-state index >= 15 is 0 Å². The number of hydrogen-bond acceptors (Lipinski definition) is 4. The zero-order valence-corrected chi connectivity index (χ0v) is 17.1. The number of methoxy groups -OCH3 is 1. The van der Waals surface area contributed by atoms with Gasteiger partial charge in [-0.3, -0.25) is 4.79 Å². The van der Waals surface area contributed by atoms with Crippen LogP contribution in [0.25, 0.3) is 6.08 Å². The Hall–Kier alpha value is -2.50. The molecule has 1 aliphatic rings. The highest BCUT2D eigenvalue weighted by atomic mass is 16.6. The van der Waals surface area contributed by atoms with Crippen molar-refractivity contribution in [3.63, 3.8) is 0 Å². The summed E-state index contributed by atoms with van der Waals surface area (Å²) in [6.45, 7) is 10.8. The number of piperazine rings is 1. The van der Waals surface area contributed by atoms with Crippen molar-refractivity contribution in [3.8, 4) is 5.75 Å². The molecule has 0 N–H and O–H groups in total. The lowest BCUT2D eigenvalue weighted by Gasteiger charge is -2.46. The predicted octanol–water partition coefficient (Wildman–Crippen LogP) is 3.57. The van der Waals surface area contributed by atoms with E-state index in [2.05, 4.69) is 0 Å². The standard InChI is InChI=1S/C21H30N2O4/c1-20(2,3)27-19(25)22-13-14-23(21(4,5)15-22)18(24)12-11-16-9-7-8-10-17(16)26-6/h7-12H,13-15H2,1-6H3. The molecule has 1 aromatic carbocycles. The largest absolute Gasteiger partial charge is 0.496 e. The normalized spacial score (nSPS) is 17.1. The first-order valence-electron chi connectivity index (χ1n) is 9.14. The van der Waals surface area contributed by atoms with Gasteiger partial charge in [-0.05, 0) is 46.8 Å². The van der Waals surface area contributed by atoms with Gasteiger partial charge >= 0.3 is 6.09 Å². The summed E-state index contributed by atoms with van der Waals surface area (Å²) < 4.78 is 10.8. The van der Waals surface area contributed by atoms with Crippen LogP contribution in [0.15, 0.2) is 30.3 Å². The van der Waals surface area contributed by atoms with Crippen LogP contribution in [0.4, 0.5) is 4.79 Å². The Kier molecular flexibility index (Phi) is 6.19. The lowest BCUT2D eigenvalue weighted by Crippen LogP contribution is -2.62. The number of carbonyl (C=O) groups is 2. The highest BCUT2D eigenvalue weighted by Gasteiger charge is 2.38. The summed E-state index contributed by atoms with van der Waals surface area (Å²) in [5.41, 5.74) is -0.179. The van der Waals surface area contributed by atoms with Gasteiger partial charge in [0.15, 0.2) is 0 Å². The van der Waals surface area contributed by atoms with Crippen molar-refractivity contribution < 1.29 is 19.1 Å². The van der Waals surface area contributed by atoms with Gasteiger partial charge < -0.3 is 19.3 Å². The molecule has 1 saturated heterocycles. The minimum absolute atomic E-state index is 0.0882. The van der Waals surface area contributed by atoms with E-state index < -0.39 is 11.1 Å². The Labute approximate surface area is 161 Å². The van der Waals surface area contributed by atoms with Gasteiger partial charge in [0, 0.05) is 31.3 Å². The second kappa shape index (κ2) is 8.03. The van der Waals surface area contributed by atoms with Crippen LogP contribution in [0.3, 0.4) is 0 Å². The summed E-state index contributed by atoms with van der Waals surface area (Å²) in [4.78, 5) is 28.5. The third-order valence-corrected chi connectivity index (χ3v) is 4.36. The third-order valence-electron chi connectivity index (χ3n) is 4.36. The van der Waals surface area contributed by atoms with E-state index in [9.17, 15) is 9.59 Å². The molecule has 0 radical (unpaired) electrons. The first-order chi connectivity index (χ1) is 12.5. The average Bonchev–Trinajstić information content (AvgIpc) is 2.57. The van der Waals surface area contributed by atoms with E-state index in [1.807, 2.05) is 58.9 Å². The molecule has 2 rings (SSSR count). The molecule has 0 bridgehead atoms. The number of amides is 2. The molecule has 0 saturated carbocycles. The average molecular weight is 374 g/mol. The molecule has 2 amide bonds. The van der Waals surface area contributed by atoms with Gasteiger partial charge in [-0.25, -0.2) is 4.79 Å². The number of nitrogens with zero attached hydrogens (tertiary/aromatic N) is 2. The highest BCUT2D eigenvalue weighted by molar-refractivity contribution is 5.93. The Morgan fingerprint density at radius 2 is 1.81 bits per heavy atom. The Bertz CT molecular complexity index is 719. The second-order valence-corrected chi connectivity index (χ2v) is 8.28. The van der Waals surface area contributed by atoms with E-state index in [-0.39, 0.29) is 12.0 Å². The number of para-hydroxylation sites is 1. The molecule has 1 aromatic rings. The molecule has 0 aromatic heterocycles. The van der Waals surface area contributed by atoms with E-state index in [4.69, 9.17) is 9.47 Å². The first-order valence-corrected chi connectivity index (χ1v) is 9.14. The summed E-state index contributed by atoms with van der Waals surface area (Å²) in [6, 6.07) is 7.54. The van der Waals surface area contributed by atoms with Gasteiger partial charge in [-0.1, -0.05) is 18.2 Å². The molecule has 1 heterocycles. The van der Waals surface area contributed by atoms with Crippen molar-refractivity contribution in [2.24, 2.45) is 0 Å². The lowest BCUT2D eigenvalue weighted by atomic mass is 9.98. The minimum Gasteiger partial charge on any atom is -0.496 e. The molecule has 0 spiro atoms. The van der Waals surface area contributed by atoms with Crippen molar-refractivity contribution in [3.05, 3.63) is 35.9 Å². The maximum Gasteiger partial charge on any atom is 0.410 e. The van der Waals surface area contributed by atoms with E-state index in [0.717, 1.165) is 11.3 Å². The topological polar surface area (TPSA) is 59.1 Å². The Morgan fingerprint density at radius 3 is 2.41 bits per heavy atom. The van der Waals surface area contributed by atoms with E-state index in [0.29, 0.717) is 19.6 Å². The molecule has 1 aliphatic heterocycles. The summed E-state index contributed by atoms with van der Waals surface area (Å²) in [7, 11) is 1.60. The molecular weight excluding hydrogens is 344 g/mol. The van der Waals surface area contributed by atoms with Gasteiger partial charge in [0.1, 0.15) is 11.4 Å². The molecule has 1 fully saturated rings. The third kappa shape index (κ3) is 5.49. The fraction of sp³-hybridized carbons (Fsp3) is 0.524.